The van der Waals surface area contributed by atoms with Crippen molar-refractivity contribution in [1.82, 2.24) is 15.1 Å². The van der Waals surface area contributed by atoms with Gasteiger partial charge in [-0.05, 0) is 38.3 Å². The van der Waals surface area contributed by atoms with Crippen molar-refractivity contribution in [3.8, 4) is 0 Å². The van der Waals surface area contributed by atoms with Gasteiger partial charge in [-0.2, -0.15) is 0 Å². The van der Waals surface area contributed by atoms with Crippen LogP contribution in [-0.4, -0.2) is 62.2 Å². The molecule has 1 atom stereocenters. The molecule has 0 amide bonds. The molecule has 3 nitrogen and oxygen atoms in total. The molecule has 0 spiro atoms. The summed E-state index contributed by atoms with van der Waals surface area (Å²) >= 11 is 0. The zero-order valence-corrected chi connectivity index (χ0v) is 13.2. The third-order valence-electron chi connectivity index (χ3n) is 4.05. The van der Waals surface area contributed by atoms with E-state index in [-0.39, 0.29) is 24.8 Å². The zero-order chi connectivity index (χ0) is 11.2. The Morgan fingerprint density at radius 1 is 0.889 bits per heavy atom. The predicted octanol–water partition coefficient (Wildman–Crippen LogP) is 1.86. The van der Waals surface area contributed by atoms with Crippen LogP contribution in [0.1, 0.15) is 26.2 Å². The summed E-state index contributed by atoms with van der Waals surface area (Å²) in [6.07, 6.45) is 4.24. The van der Waals surface area contributed by atoms with Crippen LogP contribution in [0.3, 0.4) is 0 Å². The van der Waals surface area contributed by atoms with Crippen LogP contribution < -0.4 is 5.32 Å². The molecule has 2 fully saturated rings. The average Bonchev–Trinajstić information content (AvgIpc) is 2.53. The van der Waals surface area contributed by atoms with Gasteiger partial charge in [0, 0.05) is 39.3 Å². The smallest absolute Gasteiger partial charge is 0.0110 e. The normalized spacial score (nSPS) is 26.8. The molecule has 2 aliphatic rings. The lowest BCUT2D eigenvalue weighted by molar-refractivity contribution is 0.191. The highest BCUT2D eigenvalue weighted by atomic mass is 35.5. The molecule has 0 radical (unpaired) electrons. The summed E-state index contributed by atoms with van der Waals surface area (Å²) in [4.78, 5) is 5.27. The Hall–Kier alpha value is 0.460. The van der Waals surface area contributed by atoms with Crippen LogP contribution in [0.15, 0.2) is 0 Å². The molecule has 5 heteroatoms. The van der Waals surface area contributed by atoms with Gasteiger partial charge in [-0.3, -0.25) is 4.90 Å². The van der Waals surface area contributed by atoms with Gasteiger partial charge in [0.1, 0.15) is 0 Å². The van der Waals surface area contributed by atoms with E-state index < -0.39 is 0 Å². The number of piperazine rings is 1. The minimum absolute atomic E-state index is 0. The van der Waals surface area contributed by atoms with Crippen molar-refractivity contribution in [2.45, 2.75) is 26.2 Å². The number of hydrogen-bond donors (Lipinski definition) is 1. The van der Waals surface area contributed by atoms with Gasteiger partial charge in [0.15, 0.2) is 0 Å². The Labute approximate surface area is 124 Å². The molecule has 2 rings (SSSR count). The largest absolute Gasteiger partial charge is 0.314 e. The first-order valence-electron chi connectivity index (χ1n) is 7.00. The van der Waals surface area contributed by atoms with E-state index >= 15 is 0 Å². The van der Waals surface area contributed by atoms with Gasteiger partial charge >= 0.3 is 0 Å². The van der Waals surface area contributed by atoms with Crippen molar-refractivity contribution in [2.24, 2.45) is 5.92 Å². The molecule has 110 valence electrons. The van der Waals surface area contributed by atoms with Gasteiger partial charge < -0.3 is 10.2 Å². The maximum atomic E-state index is 3.41. The fraction of sp³-hybridized carbons (Fsp3) is 1.00. The summed E-state index contributed by atoms with van der Waals surface area (Å²) in [6.45, 7) is 12.5. The lowest BCUT2D eigenvalue weighted by atomic mass is 10.0. The Balaban J connectivity index is 0.00000144. The number of nitrogens with zero attached hydrogens (tertiary/aromatic N) is 2. The fourth-order valence-electron chi connectivity index (χ4n) is 2.76. The van der Waals surface area contributed by atoms with E-state index in [0.717, 1.165) is 5.92 Å². The summed E-state index contributed by atoms with van der Waals surface area (Å²) in [5.74, 6) is 0.948. The Morgan fingerprint density at radius 3 is 2.17 bits per heavy atom. The fourth-order valence-corrected chi connectivity index (χ4v) is 2.76. The zero-order valence-electron chi connectivity index (χ0n) is 11.6. The van der Waals surface area contributed by atoms with Crippen LogP contribution in [0, 0.1) is 5.92 Å². The summed E-state index contributed by atoms with van der Waals surface area (Å²) in [5.41, 5.74) is 0. The summed E-state index contributed by atoms with van der Waals surface area (Å²) in [6, 6.07) is 0. The van der Waals surface area contributed by atoms with Crippen molar-refractivity contribution in [3.63, 3.8) is 0 Å². The van der Waals surface area contributed by atoms with E-state index in [1.54, 1.807) is 0 Å². The van der Waals surface area contributed by atoms with E-state index in [0.29, 0.717) is 0 Å². The molecule has 2 heterocycles. The van der Waals surface area contributed by atoms with Crippen LogP contribution in [-0.2, 0) is 0 Å². The number of hydrogen-bond acceptors (Lipinski definition) is 3. The van der Waals surface area contributed by atoms with Crippen LogP contribution in [0.5, 0.6) is 0 Å². The van der Waals surface area contributed by atoms with Crippen molar-refractivity contribution in [2.75, 3.05) is 52.4 Å². The molecule has 1 unspecified atom stereocenters. The van der Waals surface area contributed by atoms with Crippen molar-refractivity contribution >= 4 is 24.8 Å². The molecule has 0 aromatic heterocycles. The highest BCUT2D eigenvalue weighted by Crippen LogP contribution is 2.16. The summed E-state index contributed by atoms with van der Waals surface area (Å²) < 4.78 is 0. The number of rotatable bonds is 3. The van der Waals surface area contributed by atoms with Gasteiger partial charge in [-0.25, -0.2) is 0 Å². The van der Waals surface area contributed by atoms with Crippen LogP contribution in [0.4, 0.5) is 0 Å². The molecule has 0 aliphatic carbocycles. The third-order valence-corrected chi connectivity index (χ3v) is 4.05. The van der Waals surface area contributed by atoms with E-state index in [2.05, 4.69) is 22.0 Å². The second-order valence-corrected chi connectivity index (χ2v) is 5.47. The number of nitrogens with one attached hydrogen (secondary N) is 1. The molecule has 1 N–H and O–H groups in total. The van der Waals surface area contributed by atoms with Gasteiger partial charge in [-0.1, -0.05) is 6.92 Å². The monoisotopic (exact) mass is 297 g/mol. The van der Waals surface area contributed by atoms with E-state index in [9.17, 15) is 0 Å². The molecular weight excluding hydrogens is 269 g/mol. The minimum Gasteiger partial charge on any atom is -0.314 e. The summed E-state index contributed by atoms with van der Waals surface area (Å²) in [5, 5.41) is 3.41. The van der Waals surface area contributed by atoms with Gasteiger partial charge in [0.25, 0.3) is 0 Å². The molecule has 0 bridgehead atoms. The topological polar surface area (TPSA) is 18.5 Å². The Bertz CT molecular complexity index is 199. The Morgan fingerprint density at radius 2 is 1.50 bits per heavy atom. The SMILES string of the molecule is CC1CCCN(CCN2CCNCC2)CC1.Cl.Cl. The van der Waals surface area contributed by atoms with Gasteiger partial charge in [0.2, 0.25) is 0 Å². The summed E-state index contributed by atoms with van der Waals surface area (Å²) in [7, 11) is 0. The molecular formula is C13H29Cl2N3. The first-order chi connectivity index (χ1) is 7.84. The standard InChI is InChI=1S/C13H27N3.2ClH/c1-13-3-2-7-15(8-4-13)11-12-16-9-5-14-6-10-16;;/h13-14H,2-12H2,1H3;2*1H. The average molecular weight is 298 g/mol. The van der Waals surface area contributed by atoms with Crippen molar-refractivity contribution in [1.29, 1.82) is 0 Å². The maximum absolute atomic E-state index is 3.41. The molecule has 0 aromatic carbocycles. The number of halogens is 2. The first-order valence-corrected chi connectivity index (χ1v) is 7.00. The highest BCUT2D eigenvalue weighted by Gasteiger charge is 2.15. The molecule has 0 saturated carbocycles. The molecule has 0 aromatic rings. The van der Waals surface area contributed by atoms with Crippen LogP contribution in [0.25, 0.3) is 0 Å². The van der Waals surface area contributed by atoms with Crippen LogP contribution >= 0.6 is 24.8 Å². The number of likely N-dealkylation sites (tertiary alicyclic amines) is 1. The minimum atomic E-state index is 0. The van der Waals surface area contributed by atoms with E-state index in [4.69, 9.17) is 0 Å². The maximum Gasteiger partial charge on any atom is 0.0110 e. The predicted molar refractivity (Wildman–Crippen MR) is 83.3 cm³/mol. The molecule has 2 saturated heterocycles. The van der Waals surface area contributed by atoms with Gasteiger partial charge in [0.05, 0.1) is 0 Å². The molecule has 2 aliphatic heterocycles. The molecule has 18 heavy (non-hydrogen) atoms. The third kappa shape index (κ3) is 6.58. The lowest BCUT2D eigenvalue weighted by Gasteiger charge is -2.30. The first kappa shape index (κ1) is 18.5. The van der Waals surface area contributed by atoms with E-state index in [1.165, 1.54) is 71.6 Å². The second-order valence-electron chi connectivity index (χ2n) is 5.47. The van der Waals surface area contributed by atoms with Crippen LogP contribution in [0.2, 0.25) is 0 Å². The second kappa shape index (κ2) is 10.3. The lowest BCUT2D eigenvalue weighted by Crippen LogP contribution is -2.46. The highest BCUT2D eigenvalue weighted by molar-refractivity contribution is 5.85. The quantitative estimate of drug-likeness (QED) is 0.858. The van der Waals surface area contributed by atoms with E-state index in [1.807, 2.05) is 0 Å². The van der Waals surface area contributed by atoms with Crippen molar-refractivity contribution in [3.05, 3.63) is 0 Å². The Kier molecular flexibility index (Phi) is 10.5. The van der Waals surface area contributed by atoms with Crippen molar-refractivity contribution < 1.29 is 0 Å². The van der Waals surface area contributed by atoms with Gasteiger partial charge in [-0.15, -0.1) is 24.8 Å².